The summed E-state index contributed by atoms with van der Waals surface area (Å²) < 4.78 is 19.0. The molecule has 26 heavy (non-hydrogen) atoms. The standard InChI is InChI=1S/C20H22ClFN2O2/c1-5-24(4)12-23-19-9-13(2)17(8-14(19)3)20(25)26-11-15-10-16(21)6-7-18(15)22/h6-10,12H,5,11H2,1-4H3/b23-12+. The monoisotopic (exact) mass is 376 g/mol. The van der Waals surface area contributed by atoms with Crippen molar-refractivity contribution in [2.75, 3.05) is 13.6 Å². The van der Waals surface area contributed by atoms with Gasteiger partial charge in [-0.15, -0.1) is 0 Å². The second kappa shape index (κ2) is 8.81. The summed E-state index contributed by atoms with van der Waals surface area (Å²) in [6, 6.07) is 7.73. The van der Waals surface area contributed by atoms with E-state index in [9.17, 15) is 9.18 Å². The molecule has 0 atom stereocenters. The molecule has 2 aromatic rings. The first-order chi connectivity index (χ1) is 12.3. The predicted molar refractivity (Wildman–Crippen MR) is 103 cm³/mol. The van der Waals surface area contributed by atoms with Crippen LogP contribution in [0.3, 0.4) is 0 Å². The molecule has 4 nitrogen and oxygen atoms in total. The second-order valence-corrected chi connectivity index (χ2v) is 6.52. The first kappa shape index (κ1) is 19.9. The molecule has 0 N–H and O–H groups in total. The number of rotatable bonds is 6. The number of hydrogen-bond donors (Lipinski definition) is 0. The van der Waals surface area contributed by atoms with E-state index < -0.39 is 11.8 Å². The van der Waals surface area contributed by atoms with Gasteiger partial charge in [-0.25, -0.2) is 14.2 Å². The molecule has 6 heteroatoms. The average molecular weight is 377 g/mol. The summed E-state index contributed by atoms with van der Waals surface area (Å²) in [4.78, 5) is 18.8. The summed E-state index contributed by atoms with van der Waals surface area (Å²) in [5.41, 5.74) is 3.08. The van der Waals surface area contributed by atoms with Crippen molar-refractivity contribution in [3.05, 3.63) is 63.4 Å². The first-order valence-electron chi connectivity index (χ1n) is 8.28. The van der Waals surface area contributed by atoms with Gasteiger partial charge >= 0.3 is 5.97 Å². The molecule has 0 unspecified atom stereocenters. The lowest BCUT2D eigenvalue weighted by Gasteiger charge is -2.12. The zero-order chi connectivity index (χ0) is 19.3. The molecule has 0 spiro atoms. The van der Waals surface area contributed by atoms with Gasteiger partial charge in [0.15, 0.2) is 0 Å². The molecule has 0 saturated heterocycles. The van der Waals surface area contributed by atoms with Crippen LogP contribution in [0.4, 0.5) is 10.1 Å². The number of carbonyl (C=O) groups is 1. The molecule has 138 valence electrons. The van der Waals surface area contributed by atoms with E-state index in [0.29, 0.717) is 10.6 Å². The molecule has 0 radical (unpaired) electrons. The maximum atomic E-state index is 13.7. The van der Waals surface area contributed by atoms with Gasteiger partial charge in [0, 0.05) is 24.2 Å². The van der Waals surface area contributed by atoms with E-state index in [1.807, 2.05) is 38.8 Å². The minimum absolute atomic E-state index is 0.176. The minimum atomic E-state index is -0.508. The van der Waals surface area contributed by atoms with Crippen molar-refractivity contribution in [1.82, 2.24) is 4.90 Å². The van der Waals surface area contributed by atoms with Crippen LogP contribution in [0.25, 0.3) is 0 Å². The number of aliphatic imine (C=N–C) groups is 1. The summed E-state index contributed by atoms with van der Waals surface area (Å²) in [6.45, 7) is 6.41. The quantitative estimate of drug-likeness (QED) is 0.402. The fraction of sp³-hybridized carbons (Fsp3) is 0.300. The number of benzene rings is 2. The highest BCUT2D eigenvalue weighted by Gasteiger charge is 2.14. The molecule has 0 heterocycles. The molecule has 0 saturated carbocycles. The van der Waals surface area contributed by atoms with Crippen molar-refractivity contribution >= 4 is 29.6 Å². The van der Waals surface area contributed by atoms with Crippen molar-refractivity contribution in [1.29, 1.82) is 0 Å². The third-order valence-corrected chi connectivity index (χ3v) is 4.26. The Bertz CT molecular complexity index is 837. The number of ether oxygens (including phenoxy) is 1. The highest BCUT2D eigenvalue weighted by molar-refractivity contribution is 6.30. The number of hydrogen-bond acceptors (Lipinski definition) is 3. The average Bonchev–Trinajstić information content (AvgIpc) is 2.62. The highest BCUT2D eigenvalue weighted by atomic mass is 35.5. The van der Waals surface area contributed by atoms with Crippen LogP contribution in [0, 0.1) is 19.7 Å². The van der Waals surface area contributed by atoms with Gasteiger partial charge in [-0.2, -0.15) is 0 Å². The molecule has 0 fully saturated rings. The fourth-order valence-corrected chi connectivity index (χ4v) is 2.47. The van der Waals surface area contributed by atoms with Crippen LogP contribution in [0.2, 0.25) is 5.02 Å². The third kappa shape index (κ3) is 5.05. The Morgan fingerprint density at radius 2 is 2.00 bits per heavy atom. The van der Waals surface area contributed by atoms with E-state index in [4.69, 9.17) is 16.3 Å². The lowest BCUT2D eigenvalue weighted by molar-refractivity contribution is 0.0468. The Balaban J connectivity index is 2.15. The van der Waals surface area contributed by atoms with Crippen molar-refractivity contribution in [2.45, 2.75) is 27.4 Å². The maximum absolute atomic E-state index is 13.7. The van der Waals surface area contributed by atoms with E-state index in [0.717, 1.165) is 23.4 Å². The Hall–Kier alpha value is -2.40. The zero-order valence-corrected chi connectivity index (χ0v) is 16.1. The van der Waals surface area contributed by atoms with Crippen molar-refractivity contribution < 1.29 is 13.9 Å². The second-order valence-electron chi connectivity index (χ2n) is 6.08. The molecule has 0 amide bonds. The van der Waals surface area contributed by atoms with Crippen LogP contribution in [0.5, 0.6) is 0 Å². The maximum Gasteiger partial charge on any atom is 0.338 e. The zero-order valence-electron chi connectivity index (χ0n) is 15.3. The Labute approximate surface area is 158 Å². The molecule has 0 bridgehead atoms. The van der Waals surface area contributed by atoms with E-state index in [2.05, 4.69) is 4.99 Å². The molecule has 0 aliphatic rings. The van der Waals surface area contributed by atoms with Gasteiger partial charge in [-0.3, -0.25) is 0 Å². The van der Waals surface area contributed by atoms with Gasteiger partial charge in [0.2, 0.25) is 0 Å². The molecule has 0 aliphatic carbocycles. The number of esters is 1. The van der Waals surface area contributed by atoms with Gasteiger partial charge in [0.25, 0.3) is 0 Å². The molecule has 0 aliphatic heterocycles. The topological polar surface area (TPSA) is 41.9 Å². The van der Waals surface area contributed by atoms with Gasteiger partial charge < -0.3 is 9.64 Å². The number of halogens is 2. The van der Waals surface area contributed by atoms with Gasteiger partial charge in [0.05, 0.1) is 17.6 Å². The third-order valence-electron chi connectivity index (χ3n) is 4.02. The molecule has 0 aromatic heterocycles. The molecular formula is C20H22ClFN2O2. The lowest BCUT2D eigenvalue weighted by atomic mass is 10.0. The van der Waals surface area contributed by atoms with E-state index in [1.165, 1.54) is 18.2 Å². The van der Waals surface area contributed by atoms with Crippen LogP contribution < -0.4 is 0 Å². The van der Waals surface area contributed by atoms with Crippen molar-refractivity contribution in [2.24, 2.45) is 4.99 Å². The van der Waals surface area contributed by atoms with Crippen molar-refractivity contribution in [3.63, 3.8) is 0 Å². The minimum Gasteiger partial charge on any atom is -0.457 e. The number of carbonyl (C=O) groups excluding carboxylic acids is 1. The van der Waals surface area contributed by atoms with Crippen LogP contribution in [-0.2, 0) is 11.3 Å². The van der Waals surface area contributed by atoms with Gasteiger partial charge in [0.1, 0.15) is 12.4 Å². The largest absolute Gasteiger partial charge is 0.457 e. The van der Waals surface area contributed by atoms with Crippen LogP contribution >= 0.6 is 11.6 Å². The normalized spacial score (nSPS) is 11.0. The van der Waals surface area contributed by atoms with Gasteiger partial charge in [-0.1, -0.05) is 11.6 Å². The molecule has 2 aromatic carbocycles. The van der Waals surface area contributed by atoms with E-state index in [-0.39, 0.29) is 12.2 Å². The first-order valence-corrected chi connectivity index (χ1v) is 8.66. The van der Waals surface area contributed by atoms with Crippen LogP contribution in [-0.4, -0.2) is 30.8 Å². The SMILES string of the molecule is CCN(C)/C=N/c1cc(C)c(C(=O)OCc2cc(Cl)ccc2F)cc1C. The Morgan fingerprint density at radius 1 is 1.27 bits per heavy atom. The predicted octanol–water partition coefficient (Wildman–Crippen LogP) is 5.06. The van der Waals surface area contributed by atoms with E-state index >= 15 is 0 Å². The number of nitrogens with zero attached hydrogens (tertiary/aromatic N) is 2. The Kier molecular flexibility index (Phi) is 6.75. The van der Waals surface area contributed by atoms with Crippen LogP contribution in [0.1, 0.15) is 34.0 Å². The highest BCUT2D eigenvalue weighted by Crippen LogP contribution is 2.24. The van der Waals surface area contributed by atoms with E-state index in [1.54, 1.807) is 12.4 Å². The molecular weight excluding hydrogens is 355 g/mol. The Morgan fingerprint density at radius 3 is 2.69 bits per heavy atom. The molecule has 2 rings (SSSR count). The summed E-state index contributed by atoms with van der Waals surface area (Å²) in [5, 5.41) is 0.392. The smallest absolute Gasteiger partial charge is 0.338 e. The number of aryl methyl sites for hydroxylation is 2. The summed E-state index contributed by atoms with van der Waals surface area (Å²) in [5.74, 6) is -0.967. The lowest BCUT2D eigenvalue weighted by Crippen LogP contribution is -2.14. The summed E-state index contributed by atoms with van der Waals surface area (Å²) >= 11 is 5.85. The van der Waals surface area contributed by atoms with Crippen LogP contribution in [0.15, 0.2) is 35.3 Å². The fourth-order valence-electron chi connectivity index (χ4n) is 2.28. The van der Waals surface area contributed by atoms with Crippen molar-refractivity contribution in [3.8, 4) is 0 Å². The summed E-state index contributed by atoms with van der Waals surface area (Å²) in [7, 11) is 1.94. The van der Waals surface area contributed by atoms with Gasteiger partial charge in [-0.05, 0) is 62.2 Å². The summed E-state index contributed by atoms with van der Waals surface area (Å²) in [6.07, 6.45) is 1.75.